The van der Waals surface area contributed by atoms with Crippen molar-refractivity contribution in [2.24, 2.45) is 0 Å². The minimum absolute atomic E-state index is 0.0807. The summed E-state index contributed by atoms with van der Waals surface area (Å²) in [6.45, 7) is -0.364. The molecule has 0 aromatic rings. The molecular formula is C10H15FN2O2. The summed E-state index contributed by atoms with van der Waals surface area (Å²) in [7, 11) is 2.96. The van der Waals surface area contributed by atoms with Crippen molar-refractivity contribution in [2.45, 2.75) is 12.8 Å². The Morgan fingerprint density at radius 1 is 1.67 bits per heavy atom. The second-order valence-electron chi connectivity index (χ2n) is 3.05. The van der Waals surface area contributed by atoms with Crippen LogP contribution < -0.4 is 0 Å². The van der Waals surface area contributed by atoms with E-state index in [9.17, 15) is 9.18 Å². The lowest BCUT2D eigenvalue weighted by Crippen LogP contribution is -2.22. The number of nitriles is 1. The van der Waals surface area contributed by atoms with E-state index in [1.54, 1.807) is 11.9 Å². The minimum atomic E-state index is -0.445. The zero-order chi connectivity index (χ0) is 11.7. The normalized spacial score (nSPS) is 10.7. The summed E-state index contributed by atoms with van der Waals surface area (Å²) >= 11 is 0. The van der Waals surface area contributed by atoms with E-state index in [0.29, 0.717) is 18.4 Å². The molecule has 0 fully saturated rings. The molecule has 0 aliphatic carbocycles. The molecule has 0 heterocycles. The van der Waals surface area contributed by atoms with Gasteiger partial charge in [-0.05, 0) is 12.8 Å². The lowest BCUT2D eigenvalue weighted by atomic mass is 10.2. The van der Waals surface area contributed by atoms with Crippen LogP contribution in [0.4, 0.5) is 4.39 Å². The summed E-state index contributed by atoms with van der Waals surface area (Å²) < 4.78 is 16.3. The van der Waals surface area contributed by atoms with E-state index in [0.717, 1.165) is 0 Å². The minimum Gasteiger partial charge on any atom is -0.468 e. The standard InChI is InChI=1S/C10H15FN2O2/c1-13(8-10(14)15-2)7-9(6-12)4-3-5-11/h7H,3-5,8H2,1-2H3. The topological polar surface area (TPSA) is 53.3 Å². The van der Waals surface area contributed by atoms with Crippen molar-refractivity contribution in [3.63, 3.8) is 0 Å². The number of methoxy groups -OCH3 is 1. The Morgan fingerprint density at radius 3 is 2.80 bits per heavy atom. The van der Waals surface area contributed by atoms with Crippen molar-refractivity contribution < 1.29 is 13.9 Å². The van der Waals surface area contributed by atoms with Crippen LogP contribution in [0.15, 0.2) is 11.8 Å². The quantitative estimate of drug-likeness (QED) is 0.493. The number of ether oxygens (including phenoxy) is 1. The van der Waals surface area contributed by atoms with Gasteiger partial charge in [0.1, 0.15) is 6.54 Å². The molecule has 0 N–H and O–H groups in total. The molecule has 0 spiro atoms. The first-order chi connectivity index (χ1) is 7.13. The van der Waals surface area contributed by atoms with Crippen LogP contribution in [0.3, 0.4) is 0 Å². The first-order valence-corrected chi connectivity index (χ1v) is 4.57. The number of likely N-dealkylation sites (N-methyl/N-ethyl adjacent to an activating group) is 1. The number of hydrogen-bond acceptors (Lipinski definition) is 4. The molecular weight excluding hydrogens is 199 g/mol. The smallest absolute Gasteiger partial charge is 0.325 e. The fourth-order valence-corrected chi connectivity index (χ4v) is 0.986. The highest BCUT2D eigenvalue weighted by molar-refractivity contribution is 5.71. The Kier molecular flexibility index (Phi) is 6.98. The summed E-state index contributed by atoms with van der Waals surface area (Å²) in [5.74, 6) is -0.378. The van der Waals surface area contributed by atoms with Crippen molar-refractivity contribution in [1.82, 2.24) is 4.90 Å². The Bertz CT molecular complexity index is 271. The van der Waals surface area contributed by atoms with Crippen LogP contribution in [-0.4, -0.2) is 38.2 Å². The van der Waals surface area contributed by atoms with Crippen LogP contribution >= 0.6 is 0 Å². The number of carbonyl (C=O) groups is 1. The third-order valence-corrected chi connectivity index (χ3v) is 1.71. The molecule has 0 rings (SSSR count). The van der Waals surface area contributed by atoms with Gasteiger partial charge in [0.05, 0.1) is 19.9 Å². The second kappa shape index (κ2) is 7.80. The first kappa shape index (κ1) is 13.4. The average Bonchev–Trinajstić information content (AvgIpc) is 2.23. The molecule has 0 radical (unpaired) electrons. The van der Waals surface area contributed by atoms with Crippen LogP contribution in [0.2, 0.25) is 0 Å². The van der Waals surface area contributed by atoms with Crippen LogP contribution in [0, 0.1) is 11.3 Å². The van der Waals surface area contributed by atoms with Crippen molar-refractivity contribution in [2.75, 3.05) is 27.4 Å². The molecule has 4 nitrogen and oxygen atoms in total. The van der Waals surface area contributed by atoms with Gasteiger partial charge in [0, 0.05) is 18.8 Å². The molecule has 0 atom stereocenters. The van der Waals surface area contributed by atoms with E-state index >= 15 is 0 Å². The number of nitrogens with zero attached hydrogens (tertiary/aromatic N) is 2. The first-order valence-electron chi connectivity index (χ1n) is 4.57. The van der Waals surface area contributed by atoms with E-state index < -0.39 is 6.67 Å². The van der Waals surface area contributed by atoms with Gasteiger partial charge in [0.25, 0.3) is 0 Å². The third kappa shape index (κ3) is 6.49. The maximum absolute atomic E-state index is 11.9. The highest BCUT2D eigenvalue weighted by Gasteiger charge is 2.04. The van der Waals surface area contributed by atoms with Crippen LogP contribution in [0.1, 0.15) is 12.8 Å². The third-order valence-electron chi connectivity index (χ3n) is 1.71. The molecule has 0 aromatic carbocycles. The van der Waals surface area contributed by atoms with Crippen molar-refractivity contribution in [3.05, 3.63) is 11.8 Å². The van der Waals surface area contributed by atoms with Crippen molar-refractivity contribution in [1.29, 1.82) is 5.26 Å². The summed E-state index contributed by atoms with van der Waals surface area (Å²) in [6.07, 6.45) is 2.25. The predicted molar refractivity (Wildman–Crippen MR) is 53.6 cm³/mol. The van der Waals surface area contributed by atoms with Gasteiger partial charge in [-0.25, -0.2) is 0 Å². The van der Waals surface area contributed by atoms with E-state index in [2.05, 4.69) is 4.74 Å². The van der Waals surface area contributed by atoms with Crippen molar-refractivity contribution >= 4 is 5.97 Å². The van der Waals surface area contributed by atoms with E-state index in [1.807, 2.05) is 6.07 Å². The van der Waals surface area contributed by atoms with Gasteiger partial charge in [-0.2, -0.15) is 5.26 Å². The number of rotatable bonds is 6. The van der Waals surface area contributed by atoms with Gasteiger partial charge in [0.2, 0.25) is 0 Å². The van der Waals surface area contributed by atoms with Crippen LogP contribution in [0.5, 0.6) is 0 Å². The predicted octanol–water partition coefficient (Wildman–Crippen LogP) is 1.25. The number of esters is 1. The maximum atomic E-state index is 11.9. The Balaban J connectivity index is 4.17. The van der Waals surface area contributed by atoms with E-state index in [-0.39, 0.29) is 12.5 Å². The Hall–Kier alpha value is -1.57. The van der Waals surface area contributed by atoms with Crippen molar-refractivity contribution in [3.8, 4) is 6.07 Å². The summed E-state index contributed by atoms with van der Waals surface area (Å²) in [5, 5.41) is 8.71. The monoisotopic (exact) mass is 214 g/mol. The molecule has 0 unspecified atom stereocenters. The Labute approximate surface area is 88.9 Å². The maximum Gasteiger partial charge on any atom is 0.325 e. The zero-order valence-electron chi connectivity index (χ0n) is 8.99. The molecule has 84 valence electrons. The molecule has 0 bridgehead atoms. The molecule has 0 aliphatic heterocycles. The van der Waals surface area contributed by atoms with Gasteiger partial charge < -0.3 is 9.64 Å². The van der Waals surface area contributed by atoms with Crippen LogP contribution in [-0.2, 0) is 9.53 Å². The van der Waals surface area contributed by atoms with Gasteiger partial charge >= 0.3 is 5.97 Å². The molecule has 0 saturated heterocycles. The van der Waals surface area contributed by atoms with E-state index in [4.69, 9.17) is 5.26 Å². The molecule has 0 amide bonds. The number of hydrogen-bond donors (Lipinski definition) is 0. The number of allylic oxidation sites excluding steroid dienone is 1. The van der Waals surface area contributed by atoms with Gasteiger partial charge in [-0.1, -0.05) is 0 Å². The molecule has 0 aromatic heterocycles. The summed E-state index contributed by atoms with van der Waals surface area (Å²) in [6, 6.07) is 1.96. The summed E-state index contributed by atoms with van der Waals surface area (Å²) in [4.78, 5) is 12.4. The lowest BCUT2D eigenvalue weighted by molar-refractivity contribution is -0.141. The van der Waals surface area contributed by atoms with Gasteiger partial charge in [0.15, 0.2) is 0 Å². The number of alkyl halides is 1. The zero-order valence-corrected chi connectivity index (χ0v) is 8.99. The SMILES string of the molecule is COC(=O)CN(C)C=C(C#N)CCCF. The van der Waals surface area contributed by atoms with Crippen LogP contribution in [0.25, 0.3) is 0 Å². The average molecular weight is 214 g/mol. The fraction of sp³-hybridized carbons (Fsp3) is 0.600. The Morgan fingerprint density at radius 2 is 2.33 bits per heavy atom. The molecule has 5 heteroatoms. The van der Waals surface area contributed by atoms with Gasteiger partial charge in [-0.15, -0.1) is 0 Å². The molecule has 15 heavy (non-hydrogen) atoms. The molecule has 0 saturated carbocycles. The van der Waals surface area contributed by atoms with E-state index in [1.165, 1.54) is 13.3 Å². The summed E-state index contributed by atoms with van der Waals surface area (Å²) in [5.41, 5.74) is 0.457. The molecule has 0 aliphatic rings. The largest absolute Gasteiger partial charge is 0.468 e. The highest BCUT2D eigenvalue weighted by Crippen LogP contribution is 2.05. The highest BCUT2D eigenvalue weighted by atomic mass is 19.1. The number of carbonyl (C=O) groups excluding carboxylic acids is 1. The van der Waals surface area contributed by atoms with Gasteiger partial charge in [-0.3, -0.25) is 9.18 Å². The second-order valence-corrected chi connectivity index (χ2v) is 3.05. The lowest BCUT2D eigenvalue weighted by Gasteiger charge is -2.12. The fourth-order valence-electron chi connectivity index (χ4n) is 0.986. The number of halogens is 1.